The highest BCUT2D eigenvalue weighted by atomic mass is 35.5. The second-order valence-corrected chi connectivity index (χ2v) is 9.36. The number of aliphatic hydroxyl groups is 2. The fraction of sp³-hybridized carbons (Fsp3) is 0.333. The van der Waals surface area contributed by atoms with Gasteiger partial charge in [-0.3, -0.25) is 0 Å². The molecule has 0 bridgehead atoms. The molecule has 0 aliphatic carbocycles. The third-order valence-electron chi connectivity index (χ3n) is 4.56. The number of rotatable bonds is 5. The van der Waals surface area contributed by atoms with Crippen molar-refractivity contribution in [1.82, 2.24) is 20.0 Å². The lowest BCUT2D eigenvalue weighted by Crippen LogP contribution is -2.47. The average Bonchev–Trinajstić information content (AvgIpc) is 3.38. The van der Waals surface area contributed by atoms with Crippen molar-refractivity contribution in [1.29, 1.82) is 0 Å². The maximum Gasteiger partial charge on any atom is 0.200 e. The van der Waals surface area contributed by atoms with Gasteiger partial charge >= 0.3 is 0 Å². The molecule has 1 fully saturated rings. The van der Waals surface area contributed by atoms with Crippen LogP contribution in [0.5, 0.6) is 0 Å². The molecule has 2 N–H and O–H groups in total. The molecule has 0 radical (unpaired) electrons. The van der Waals surface area contributed by atoms with E-state index in [2.05, 4.69) is 20.1 Å². The Labute approximate surface area is 190 Å². The van der Waals surface area contributed by atoms with Crippen molar-refractivity contribution in [2.24, 2.45) is 0 Å². The highest BCUT2D eigenvalue weighted by Crippen LogP contribution is 2.41. The third kappa shape index (κ3) is 4.48. The molecule has 3 aromatic rings. The lowest BCUT2D eigenvalue weighted by atomic mass is 10.00. The fourth-order valence-electron chi connectivity index (χ4n) is 3.13. The molecule has 8 nitrogen and oxygen atoms in total. The van der Waals surface area contributed by atoms with Gasteiger partial charge in [0.2, 0.25) is 5.69 Å². The van der Waals surface area contributed by atoms with E-state index in [1.165, 1.54) is 23.1 Å². The number of benzene rings is 1. The Kier molecular flexibility index (Phi) is 6.60. The summed E-state index contributed by atoms with van der Waals surface area (Å²) in [4.78, 5) is 8.38. The van der Waals surface area contributed by atoms with Gasteiger partial charge in [0.05, 0.1) is 25.4 Å². The quantitative estimate of drug-likeness (QED) is 0.527. The first kappa shape index (κ1) is 21.5. The summed E-state index contributed by atoms with van der Waals surface area (Å²) in [6.45, 7) is 6.99. The van der Waals surface area contributed by atoms with Gasteiger partial charge in [-0.15, -0.1) is 28.2 Å². The Hall–Kier alpha value is -1.71. The molecule has 0 amide bonds. The Morgan fingerprint density at radius 2 is 2.23 bits per heavy atom. The average molecular weight is 484 g/mol. The topological polar surface area (TPSA) is 97.7 Å². The molecule has 1 unspecified atom stereocenters. The summed E-state index contributed by atoms with van der Waals surface area (Å²) in [7, 11) is 0. The Morgan fingerprint density at radius 3 is 2.93 bits per heavy atom. The molecule has 1 aliphatic heterocycles. The summed E-state index contributed by atoms with van der Waals surface area (Å²) in [5.41, 5.74) is 0.567. The molecule has 2 aromatic heterocycles. The number of ether oxygens (including phenoxy) is 1. The molecule has 156 valence electrons. The molecule has 1 aliphatic rings. The molecule has 1 aromatic carbocycles. The zero-order valence-corrected chi connectivity index (χ0v) is 18.4. The van der Waals surface area contributed by atoms with E-state index in [4.69, 9.17) is 34.5 Å². The van der Waals surface area contributed by atoms with E-state index in [0.29, 0.717) is 37.9 Å². The van der Waals surface area contributed by atoms with Crippen LogP contribution in [-0.2, 0) is 4.74 Å². The zero-order valence-electron chi connectivity index (χ0n) is 15.2. The number of halogens is 2. The standard InChI is InChI=1S/C18H15Cl2N5O3S2/c1-21-10-3-2-9(19)4-14(10)30-16-5-12(17(27)13(7-26)28-16)25-6-11(23-24-25)18-22-15(20)8-29-18/h2-4,6,8,12-13,16-17,26-27H,5,7H2/t12-,13?,16-,17-/m1/s1. The van der Waals surface area contributed by atoms with Gasteiger partial charge in [0.15, 0.2) is 0 Å². The second-order valence-electron chi connectivity index (χ2n) is 6.48. The summed E-state index contributed by atoms with van der Waals surface area (Å²) in [6.07, 6.45) is 0.280. The second kappa shape index (κ2) is 9.20. The molecular weight excluding hydrogens is 469 g/mol. The SMILES string of the molecule is [C-]#[N+]c1ccc(Cl)cc1S[C@@H]1C[C@@H](n2cc(-c3nc(Cl)cs3)nn2)[C@@H](O)C(CO)O1. The van der Waals surface area contributed by atoms with Gasteiger partial charge in [0, 0.05) is 21.7 Å². The number of hydrogen-bond acceptors (Lipinski definition) is 8. The largest absolute Gasteiger partial charge is 0.394 e. The van der Waals surface area contributed by atoms with E-state index in [9.17, 15) is 10.2 Å². The van der Waals surface area contributed by atoms with E-state index in [-0.39, 0.29) is 6.61 Å². The smallest absolute Gasteiger partial charge is 0.200 e. The molecule has 12 heteroatoms. The predicted molar refractivity (Wildman–Crippen MR) is 115 cm³/mol. The van der Waals surface area contributed by atoms with Crippen LogP contribution in [0.1, 0.15) is 12.5 Å². The van der Waals surface area contributed by atoms with Gasteiger partial charge in [-0.1, -0.05) is 40.5 Å². The first-order chi connectivity index (χ1) is 14.5. The number of thiazole rings is 1. The third-order valence-corrected chi connectivity index (χ3v) is 7.13. The molecular formula is C18H15Cl2N5O3S2. The molecule has 0 saturated carbocycles. The number of hydrogen-bond donors (Lipinski definition) is 2. The molecule has 4 atom stereocenters. The Bertz CT molecular complexity index is 1090. The lowest BCUT2D eigenvalue weighted by molar-refractivity contribution is -0.130. The fourth-order valence-corrected chi connectivity index (χ4v) is 5.47. The number of nitrogens with zero attached hydrogens (tertiary/aromatic N) is 5. The Morgan fingerprint density at radius 1 is 1.40 bits per heavy atom. The van der Waals surface area contributed by atoms with Crippen LogP contribution in [0.15, 0.2) is 34.7 Å². The van der Waals surface area contributed by atoms with Gasteiger partial charge in [-0.05, 0) is 6.07 Å². The molecule has 3 heterocycles. The molecule has 1 saturated heterocycles. The van der Waals surface area contributed by atoms with E-state index in [1.54, 1.807) is 34.5 Å². The first-order valence-corrected chi connectivity index (χ1v) is 11.3. The zero-order chi connectivity index (χ0) is 21.3. The van der Waals surface area contributed by atoms with Crippen molar-refractivity contribution >= 4 is 52.0 Å². The van der Waals surface area contributed by atoms with E-state index >= 15 is 0 Å². The summed E-state index contributed by atoms with van der Waals surface area (Å²) >= 11 is 14.6. The minimum absolute atomic E-state index is 0.358. The molecule has 30 heavy (non-hydrogen) atoms. The van der Waals surface area contributed by atoms with Crippen molar-refractivity contribution in [3.05, 3.63) is 51.4 Å². The highest BCUT2D eigenvalue weighted by molar-refractivity contribution is 8.00. The van der Waals surface area contributed by atoms with Gasteiger partial charge in [0.25, 0.3) is 0 Å². The highest BCUT2D eigenvalue weighted by Gasteiger charge is 2.39. The van der Waals surface area contributed by atoms with Crippen LogP contribution >= 0.6 is 46.3 Å². The van der Waals surface area contributed by atoms with E-state index in [1.807, 2.05) is 0 Å². The van der Waals surface area contributed by atoms with Crippen LogP contribution < -0.4 is 0 Å². The number of aromatic nitrogens is 4. The number of aliphatic hydroxyl groups excluding tert-OH is 2. The predicted octanol–water partition coefficient (Wildman–Crippen LogP) is 4.06. The normalized spacial score (nSPS) is 24.0. The Balaban J connectivity index is 1.58. The number of thioether (sulfide) groups is 1. The minimum Gasteiger partial charge on any atom is -0.394 e. The summed E-state index contributed by atoms with van der Waals surface area (Å²) in [5.74, 6) is 0. The maximum absolute atomic E-state index is 10.7. The van der Waals surface area contributed by atoms with Gasteiger partial charge in [-0.2, -0.15) is 0 Å². The van der Waals surface area contributed by atoms with Crippen LogP contribution in [0.3, 0.4) is 0 Å². The van der Waals surface area contributed by atoms with Gasteiger partial charge in [-0.25, -0.2) is 14.5 Å². The minimum atomic E-state index is -0.985. The van der Waals surface area contributed by atoms with E-state index < -0.39 is 23.7 Å². The molecule has 0 spiro atoms. The van der Waals surface area contributed by atoms with Crippen LogP contribution in [0, 0.1) is 6.57 Å². The van der Waals surface area contributed by atoms with Crippen LogP contribution in [0.25, 0.3) is 15.5 Å². The summed E-state index contributed by atoms with van der Waals surface area (Å²) in [6, 6.07) is 4.53. The van der Waals surface area contributed by atoms with Crippen LogP contribution in [0.2, 0.25) is 10.2 Å². The first-order valence-electron chi connectivity index (χ1n) is 8.79. The van der Waals surface area contributed by atoms with Gasteiger partial charge < -0.3 is 14.9 Å². The monoisotopic (exact) mass is 483 g/mol. The van der Waals surface area contributed by atoms with Crippen molar-refractivity contribution in [3.63, 3.8) is 0 Å². The van der Waals surface area contributed by atoms with Crippen LogP contribution in [-0.4, -0.2) is 54.4 Å². The summed E-state index contributed by atoms with van der Waals surface area (Å²) in [5, 5.41) is 31.9. The van der Waals surface area contributed by atoms with Crippen molar-refractivity contribution < 1.29 is 14.9 Å². The van der Waals surface area contributed by atoms with Crippen molar-refractivity contribution in [2.75, 3.05) is 6.61 Å². The van der Waals surface area contributed by atoms with Crippen LogP contribution in [0.4, 0.5) is 5.69 Å². The van der Waals surface area contributed by atoms with Crippen molar-refractivity contribution in [3.8, 4) is 10.7 Å². The van der Waals surface area contributed by atoms with E-state index in [0.717, 1.165) is 0 Å². The molecule has 4 rings (SSSR count). The van der Waals surface area contributed by atoms with Crippen molar-refractivity contribution in [2.45, 2.75) is 35.0 Å². The summed E-state index contributed by atoms with van der Waals surface area (Å²) < 4.78 is 7.42. The maximum atomic E-state index is 10.7. The van der Waals surface area contributed by atoms with Gasteiger partial charge in [0.1, 0.15) is 33.5 Å². The lowest BCUT2D eigenvalue weighted by Gasteiger charge is -2.38.